The second-order valence-electron chi connectivity index (χ2n) is 4.22. The Kier molecular flexibility index (Phi) is 4.77. The molecule has 0 aliphatic carbocycles. The Morgan fingerprint density at radius 3 is 2.68 bits per heavy atom. The molecule has 4 heteroatoms. The van der Waals surface area contributed by atoms with Gasteiger partial charge in [-0.1, -0.05) is 29.8 Å². The van der Waals surface area contributed by atoms with E-state index in [-0.39, 0.29) is 5.02 Å². The molecule has 0 unspecified atom stereocenters. The summed E-state index contributed by atoms with van der Waals surface area (Å²) < 4.78 is 18.7. The van der Waals surface area contributed by atoms with E-state index in [1.165, 1.54) is 6.07 Å². The van der Waals surface area contributed by atoms with Crippen molar-refractivity contribution in [2.75, 3.05) is 6.54 Å². The molecule has 2 N–H and O–H groups in total. The molecular formula is C15H15ClFNO. The summed E-state index contributed by atoms with van der Waals surface area (Å²) in [5, 5.41) is 0.109. The number of rotatable bonds is 5. The Morgan fingerprint density at radius 1 is 1.11 bits per heavy atom. The first-order valence-electron chi connectivity index (χ1n) is 6.05. The number of ether oxygens (including phenoxy) is 1. The maximum absolute atomic E-state index is 13.0. The van der Waals surface area contributed by atoms with Crippen LogP contribution in [0.3, 0.4) is 0 Å². The highest BCUT2D eigenvalue weighted by atomic mass is 35.5. The zero-order chi connectivity index (χ0) is 13.7. The first-order chi connectivity index (χ1) is 9.19. The molecule has 0 fully saturated rings. The molecule has 0 radical (unpaired) electrons. The van der Waals surface area contributed by atoms with Crippen LogP contribution < -0.4 is 10.5 Å². The Hall–Kier alpha value is -1.58. The molecule has 0 heterocycles. The van der Waals surface area contributed by atoms with Gasteiger partial charge in [-0.2, -0.15) is 0 Å². The van der Waals surface area contributed by atoms with Crippen molar-refractivity contribution in [2.24, 2.45) is 5.73 Å². The SMILES string of the molecule is NCCc1cccc(OCc2ccc(F)c(Cl)c2)c1. The third-order valence-corrected chi connectivity index (χ3v) is 3.01. The van der Waals surface area contributed by atoms with E-state index in [4.69, 9.17) is 22.1 Å². The molecule has 2 nitrogen and oxygen atoms in total. The second kappa shape index (κ2) is 6.55. The smallest absolute Gasteiger partial charge is 0.141 e. The van der Waals surface area contributed by atoms with Crippen molar-refractivity contribution in [3.05, 3.63) is 64.4 Å². The molecule has 0 spiro atoms. The average molecular weight is 280 g/mol. The fourth-order valence-corrected chi connectivity index (χ4v) is 1.96. The van der Waals surface area contributed by atoms with Crippen molar-refractivity contribution in [2.45, 2.75) is 13.0 Å². The summed E-state index contributed by atoms with van der Waals surface area (Å²) in [6, 6.07) is 12.3. The highest BCUT2D eigenvalue weighted by Gasteiger charge is 2.02. The first kappa shape index (κ1) is 13.8. The fourth-order valence-electron chi connectivity index (χ4n) is 1.75. The van der Waals surface area contributed by atoms with Gasteiger partial charge in [-0.15, -0.1) is 0 Å². The van der Waals surface area contributed by atoms with Crippen LogP contribution in [0.5, 0.6) is 5.75 Å². The molecule has 100 valence electrons. The lowest BCUT2D eigenvalue weighted by Crippen LogP contribution is -2.03. The zero-order valence-electron chi connectivity index (χ0n) is 10.4. The van der Waals surface area contributed by atoms with E-state index in [0.29, 0.717) is 13.2 Å². The number of hydrogen-bond donors (Lipinski definition) is 1. The van der Waals surface area contributed by atoms with Gasteiger partial charge in [0.05, 0.1) is 5.02 Å². The van der Waals surface area contributed by atoms with Gasteiger partial charge in [-0.3, -0.25) is 0 Å². The van der Waals surface area contributed by atoms with Crippen LogP contribution in [-0.4, -0.2) is 6.54 Å². The van der Waals surface area contributed by atoms with Crippen LogP contribution in [0.4, 0.5) is 4.39 Å². The number of nitrogens with two attached hydrogens (primary N) is 1. The first-order valence-corrected chi connectivity index (χ1v) is 6.42. The quantitative estimate of drug-likeness (QED) is 0.908. The summed E-state index contributed by atoms with van der Waals surface area (Å²) >= 11 is 5.72. The summed E-state index contributed by atoms with van der Waals surface area (Å²) in [7, 11) is 0. The fraction of sp³-hybridized carbons (Fsp3) is 0.200. The van der Waals surface area contributed by atoms with Gasteiger partial charge in [0.15, 0.2) is 0 Å². The van der Waals surface area contributed by atoms with E-state index in [9.17, 15) is 4.39 Å². The molecule has 0 aliphatic heterocycles. The van der Waals surface area contributed by atoms with Crippen LogP contribution in [0, 0.1) is 5.82 Å². The number of benzene rings is 2. The Morgan fingerprint density at radius 2 is 1.95 bits per heavy atom. The van der Waals surface area contributed by atoms with Crippen molar-refractivity contribution in [1.82, 2.24) is 0 Å². The predicted molar refractivity (Wildman–Crippen MR) is 74.9 cm³/mol. The predicted octanol–water partition coefficient (Wildman–Crippen LogP) is 3.56. The van der Waals surface area contributed by atoms with Gasteiger partial charge in [-0.05, 0) is 48.4 Å². The van der Waals surface area contributed by atoms with Crippen molar-refractivity contribution >= 4 is 11.6 Å². The molecular weight excluding hydrogens is 265 g/mol. The Bertz CT molecular complexity index is 560. The van der Waals surface area contributed by atoms with Crippen molar-refractivity contribution in [3.63, 3.8) is 0 Å². The summed E-state index contributed by atoms with van der Waals surface area (Å²) in [6.45, 7) is 0.961. The van der Waals surface area contributed by atoms with Crippen LogP contribution in [0.2, 0.25) is 5.02 Å². The van der Waals surface area contributed by atoms with E-state index in [1.807, 2.05) is 24.3 Å². The standard InChI is InChI=1S/C15H15ClFNO/c16-14-9-12(4-5-15(14)17)10-19-13-3-1-2-11(8-13)6-7-18/h1-5,8-9H,6-7,10,18H2. The maximum atomic E-state index is 13.0. The minimum absolute atomic E-state index is 0.109. The van der Waals surface area contributed by atoms with E-state index in [0.717, 1.165) is 23.3 Å². The zero-order valence-corrected chi connectivity index (χ0v) is 11.2. The van der Waals surface area contributed by atoms with Gasteiger partial charge in [0.2, 0.25) is 0 Å². The lowest BCUT2D eigenvalue weighted by molar-refractivity contribution is 0.306. The Labute approximate surface area is 117 Å². The molecule has 19 heavy (non-hydrogen) atoms. The largest absolute Gasteiger partial charge is 0.489 e. The molecule has 0 saturated carbocycles. The minimum atomic E-state index is -0.421. The molecule has 2 rings (SSSR count). The van der Waals surface area contributed by atoms with Crippen molar-refractivity contribution < 1.29 is 9.13 Å². The van der Waals surface area contributed by atoms with Gasteiger partial charge >= 0.3 is 0 Å². The average Bonchev–Trinajstić information content (AvgIpc) is 2.41. The molecule has 0 amide bonds. The second-order valence-corrected chi connectivity index (χ2v) is 4.63. The van der Waals surface area contributed by atoms with Gasteiger partial charge in [-0.25, -0.2) is 4.39 Å². The van der Waals surface area contributed by atoms with Crippen LogP contribution in [0.15, 0.2) is 42.5 Å². The van der Waals surface area contributed by atoms with E-state index >= 15 is 0 Å². The van der Waals surface area contributed by atoms with E-state index < -0.39 is 5.82 Å². The molecule has 2 aromatic carbocycles. The topological polar surface area (TPSA) is 35.2 Å². The van der Waals surface area contributed by atoms with Crippen molar-refractivity contribution in [1.29, 1.82) is 0 Å². The number of halogens is 2. The highest BCUT2D eigenvalue weighted by Crippen LogP contribution is 2.19. The number of hydrogen-bond acceptors (Lipinski definition) is 2. The van der Waals surface area contributed by atoms with Crippen molar-refractivity contribution in [3.8, 4) is 5.75 Å². The van der Waals surface area contributed by atoms with Gasteiger partial charge in [0.1, 0.15) is 18.2 Å². The molecule has 0 saturated heterocycles. The lowest BCUT2D eigenvalue weighted by Gasteiger charge is -2.08. The van der Waals surface area contributed by atoms with Gasteiger partial charge in [0, 0.05) is 0 Å². The monoisotopic (exact) mass is 279 g/mol. The molecule has 0 bridgehead atoms. The van der Waals surface area contributed by atoms with Gasteiger partial charge < -0.3 is 10.5 Å². The van der Waals surface area contributed by atoms with Crippen LogP contribution in [0.25, 0.3) is 0 Å². The molecule has 0 atom stereocenters. The molecule has 2 aromatic rings. The van der Waals surface area contributed by atoms with Gasteiger partial charge in [0.25, 0.3) is 0 Å². The van der Waals surface area contributed by atoms with Crippen LogP contribution >= 0.6 is 11.6 Å². The Balaban J connectivity index is 2.01. The summed E-state index contributed by atoms with van der Waals surface area (Å²) in [6.07, 6.45) is 0.819. The molecule has 0 aliphatic rings. The third kappa shape index (κ3) is 3.94. The van der Waals surface area contributed by atoms with Crippen LogP contribution in [0.1, 0.15) is 11.1 Å². The minimum Gasteiger partial charge on any atom is -0.489 e. The van der Waals surface area contributed by atoms with Crippen LogP contribution in [-0.2, 0) is 13.0 Å². The summed E-state index contributed by atoms with van der Waals surface area (Å²) in [5.41, 5.74) is 7.48. The highest BCUT2D eigenvalue weighted by molar-refractivity contribution is 6.30. The maximum Gasteiger partial charge on any atom is 0.141 e. The lowest BCUT2D eigenvalue weighted by atomic mass is 10.1. The molecule has 0 aromatic heterocycles. The van der Waals surface area contributed by atoms with E-state index in [1.54, 1.807) is 12.1 Å². The third-order valence-electron chi connectivity index (χ3n) is 2.72. The normalized spacial score (nSPS) is 10.5. The summed E-state index contributed by atoms with van der Waals surface area (Å²) in [4.78, 5) is 0. The summed E-state index contributed by atoms with van der Waals surface area (Å²) in [5.74, 6) is 0.349. The van der Waals surface area contributed by atoms with E-state index in [2.05, 4.69) is 0 Å².